The summed E-state index contributed by atoms with van der Waals surface area (Å²) in [5, 5.41) is 4.27. The van der Waals surface area contributed by atoms with Gasteiger partial charge in [0, 0.05) is 30.3 Å². The first kappa shape index (κ1) is 19.9. The number of rotatable bonds is 5. The zero-order valence-electron chi connectivity index (χ0n) is 16.2. The van der Waals surface area contributed by atoms with Gasteiger partial charge in [0.25, 0.3) is 0 Å². The van der Waals surface area contributed by atoms with Crippen molar-refractivity contribution in [1.82, 2.24) is 19.8 Å². The molecule has 2 aromatic heterocycles. The van der Waals surface area contributed by atoms with Crippen LogP contribution in [0.15, 0.2) is 60.9 Å². The van der Waals surface area contributed by atoms with Gasteiger partial charge in [0.05, 0.1) is 22.8 Å². The van der Waals surface area contributed by atoms with E-state index in [9.17, 15) is 4.39 Å². The molecule has 0 bridgehead atoms. The molecule has 1 saturated heterocycles. The Morgan fingerprint density at radius 3 is 2.72 bits per heavy atom. The molecular weight excluding hydrogens is 407 g/mol. The Bertz CT molecular complexity index is 1020. The molecule has 29 heavy (non-hydrogen) atoms. The number of hydrogen-bond acceptors (Lipinski definition) is 2. The molecule has 0 unspecified atom stereocenters. The molecule has 0 aliphatic carbocycles. The molecule has 4 nitrogen and oxygen atoms in total. The molecule has 0 spiro atoms. The van der Waals surface area contributed by atoms with Gasteiger partial charge in [-0.2, -0.15) is 0 Å². The predicted molar refractivity (Wildman–Crippen MR) is 118 cm³/mol. The number of nitrogens with one attached hydrogen (secondary N) is 1. The molecule has 0 saturated carbocycles. The third kappa shape index (κ3) is 3.87. The van der Waals surface area contributed by atoms with Gasteiger partial charge in [-0.15, -0.1) is 0 Å². The molecular formula is C22H22ClFN4S. The van der Waals surface area contributed by atoms with Crippen LogP contribution in [0.4, 0.5) is 4.39 Å². The molecule has 4 rings (SSSR count). The number of hydrogen-bond donors (Lipinski definition) is 1. The van der Waals surface area contributed by atoms with Crippen LogP contribution in [0.2, 0.25) is 5.02 Å². The van der Waals surface area contributed by atoms with Gasteiger partial charge in [-0.1, -0.05) is 31.5 Å². The van der Waals surface area contributed by atoms with E-state index in [1.807, 2.05) is 35.0 Å². The molecule has 3 heterocycles. The standard InChI is InChI=1S/C22H22ClFN4S/c1-14(2)13-28-21(20(26-22(28)29)18-6-3-4-10-25-18)19-7-5-11-27(19)15-8-9-17(24)16(23)12-15/h3-12,14,20-21H,13H2,1-2H3,(H,26,29)/t20-,21-/m1/s1. The second kappa shape index (κ2) is 8.13. The maximum atomic E-state index is 13.7. The highest BCUT2D eigenvalue weighted by molar-refractivity contribution is 7.80. The minimum absolute atomic E-state index is 0.0568. The van der Waals surface area contributed by atoms with Gasteiger partial charge in [-0.25, -0.2) is 4.39 Å². The Morgan fingerprint density at radius 1 is 1.21 bits per heavy atom. The molecule has 2 atom stereocenters. The van der Waals surface area contributed by atoms with Gasteiger partial charge in [-0.05, 0) is 60.6 Å². The van der Waals surface area contributed by atoms with Crippen molar-refractivity contribution >= 4 is 28.9 Å². The van der Waals surface area contributed by atoms with Crippen molar-refractivity contribution in [3.63, 3.8) is 0 Å². The smallest absolute Gasteiger partial charge is 0.170 e. The number of halogens is 2. The summed E-state index contributed by atoms with van der Waals surface area (Å²) < 4.78 is 15.7. The molecule has 0 radical (unpaired) electrons. The third-order valence-electron chi connectivity index (χ3n) is 5.02. The lowest BCUT2D eigenvalue weighted by molar-refractivity contribution is 0.280. The van der Waals surface area contributed by atoms with Gasteiger partial charge in [0.1, 0.15) is 5.82 Å². The Balaban J connectivity index is 1.82. The maximum absolute atomic E-state index is 13.7. The number of thiocarbonyl (C=S) groups is 1. The van der Waals surface area contributed by atoms with Gasteiger partial charge >= 0.3 is 0 Å². The van der Waals surface area contributed by atoms with Gasteiger partial charge in [-0.3, -0.25) is 4.98 Å². The van der Waals surface area contributed by atoms with E-state index in [1.165, 1.54) is 6.07 Å². The Kier molecular flexibility index (Phi) is 5.56. The number of benzene rings is 1. The summed E-state index contributed by atoms with van der Waals surface area (Å²) in [5.74, 6) is 0.00374. The van der Waals surface area contributed by atoms with Crippen molar-refractivity contribution in [2.45, 2.75) is 25.9 Å². The summed E-state index contributed by atoms with van der Waals surface area (Å²) in [6.07, 6.45) is 3.75. The predicted octanol–water partition coefficient (Wildman–Crippen LogP) is 5.29. The lowest BCUT2D eigenvalue weighted by Gasteiger charge is -2.30. The zero-order valence-corrected chi connectivity index (χ0v) is 17.8. The quantitative estimate of drug-likeness (QED) is 0.559. The SMILES string of the molecule is CC(C)CN1C(=S)N[C@H](c2ccccn2)[C@H]1c1cccn1-c1ccc(F)c(Cl)c1. The Labute approximate surface area is 180 Å². The first-order chi connectivity index (χ1) is 14.0. The second-order valence-corrected chi connectivity index (χ2v) is 8.37. The van der Waals surface area contributed by atoms with Crippen molar-refractivity contribution in [3.05, 3.63) is 83.2 Å². The van der Waals surface area contributed by atoms with Crippen LogP contribution in [0.3, 0.4) is 0 Å². The summed E-state index contributed by atoms with van der Waals surface area (Å²) >= 11 is 11.7. The van der Waals surface area contributed by atoms with Crippen LogP contribution in [0, 0.1) is 11.7 Å². The third-order valence-corrected chi connectivity index (χ3v) is 5.67. The second-order valence-electron chi connectivity index (χ2n) is 7.57. The van der Waals surface area contributed by atoms with Crippen LogP contribution in [-0.2, 0) is 0 Å². The highest BCUT2D eigenvalue weighted by Crippen LogP contribution is 2.40. The summed E-state index contributed by atoms with van der Waals surface area (Å²) in [7, 11) is 0. The van der Waals surface area contributed by atoms with Crippen LogP contribution in [0.5, 0.6) is 0 Å². The van der Waals surface area contributed by atoms with Crippen LogP contribution in [0.1, 0.15) is 37.3 Å². The average Bonchev–Trinajstić information content (AvgIpc) is 3.29. The van der Waals surface area contributed by atoms with Gasteiger partial charge in [0.2, 0.25) is 0 Å². The minimum Gasteiger partial charge on any atom is -0.352 e. The van der Waals surface area contributed by atoms with E-state index in [4.69, 9.17) is 23.8 Å². The lowest BCUT2D eigenvalue weighted by atomic mass is 10.0. The monoisotopic (exact) mass is 428 g/mol. The fourth-order valence-electron chi connectivity index (χ4n) is 3.82. The number of pyridine rings is 1. The summed E-state index contributed by atoms with van der Waals surface area (Å²) in [5.41, 5.74) is 2.77. The van der Waals surface area contributed by atoms with Crippen molar-refractivity contribution in [1.29, 1.82) is 0 Å². The molecule has 1 fully saturated rings. The molecule has 1 aromatic carbocycles. The van der Waals surface area contributed by atoms with Crippen molar-refractivity contribution in [3.8, 4) is 5.69 Å². The van der Waals surface area contributed by atoms with E-state index >= 15 is 0 Å². The van der Waals surface area contributed by atoms with Crippen molar-refractivity contribution in [2.75, 3.05) is 6.54 Å². The van der Waals surface area contributed by atoms with Crippen LogP contribution in [0.25, 0.3) is 5.69 Å². The van der Waals surface area contributed by atoms with Crippen LogP contribution < -0.4 is 5.32 Å². The molecule has 1 aliphatic rings. The fraction of sp³-hybridized carbons (Fsp3) is 0.273. The Morgan fingerprint density at radius 2 is 2.03 bits per heavy atom. The first-order valence-corrected chi connectivity index (χ1v) is 10.3. The van der Waals surface area contributed by atoms with Gasteiger partial charge in [0.15, 0.2) is 5.11 Å². The zero-order chi connectivity index (χ0) is 20.5. The molecule has 1 aliphatic heterocycles. The van der Waals surface area contributed by atoms with Crippen molar-refractivity contribution in [2.24, 2.45) is 5.92 Å². The van der Waals surface area contributed by atoms with Gasteiger partial charge < -0.3 is 14.8 Å². The van der Waals surface area contributed by atoms with E-state index in [2.05, 4.69) is 35.1 Å². The highest BCUT2D eigenvalue weighted by Gasteiger charge is 2.41. The average molecular weight is 429 g/mol. The van der Waals surface area contributed by atoms with Crippen LogP contribution >= 0.6 is 23.8 Å². The van der Waals surface area contributed by atoms with E-state index in [0.717, 1.165) is 23.6 Å². The first-order valence-electron chi connectivity index (χ1n) is 9.56. The molecule has 1 N–H and O–H groups in total. The lowest BCUT2D eigenvalue weighted by Crippen LogP contribution is -2.33. The minimum atomic E-state index is -0.430. The highest BCUT2D eigenvalue weighted by atomic mass is 35.5. The fourth-order valence-corrected chi connectivity index (χ4v) is 4.31. The number of nitrogens with zero attached hydrogens (tertiary/aromatic N) is 3. The normalized spacial score (nSPS) is 19.1. The molecule has 0 amide bonds. The summed E-state index contributed by atoms with van der Waals surface area (Å²) in [4.78, 5) is 6.79. The van der Waals surface area contributed by atoms with Crippen LogP contribution in [-0.4, -0.2) is 26.1 Å². The Hall–Kier alpha value is -2.44. The largest absolute Gasteiger partial charge is 0.352 e. The topological polar surface area (TPSA) is 33.1 Å². The molecule has 7 heteroatoms. The summed E-state index contributed by atoms with van der Waals surface area (Å²) in [6, 6.07) is 14.6. The van der Waals surface area contributed by atoms with E-state index in [1.54, 1.807) is 18.3 Å². The van der Waals surface area contributed by atoms with Crippen molar-refractivity contribution < 1.29 is 4.39 Å². The van der Waals surface area contributed by atoms with E-state index in [-0.39, 0.29) is 17.1 Å². The molecule has 150 valence electrons. The van der Waals surface area contributed by atoms with E-state index in [0.29, 0.717) is 11.0 Å². The molecule has 3 aromatic rings. The number of aromatic nitrogens is 2. The summed E-state index contributed by atoms with van der Waals surface area (Å²) in [6.45, 7) is 5.16. The van der Waals surface area contributed by atoms with E-state index < -0.39 is 5.82 Å². The maximum Gasteiger partial charge on any atom is 0.170 e.